The fourth-order valence-corrected chi connectivity index (χ4v) is 1.57. The highest BCUT2D eigenvalue weighted by Crippen LogP contribution is 2.14. The van der Waals surface area contributed by atoms with Gasteiger partial charge in [0.05, 0.1) is 0 Å². The van der Waals surface area contributed by atoms with Crippen LogP contribution < -0.4 is 5.73 Å². The van der Waals surface area contributed by atoms with Crippen LogP contribution in [0.25, 0.3) is 0 Å². The van der Waals surface area contributed by atoms with Crippen LogP contribution in [0.15, 0.2) is 30.9 Å². The van der Waals surface area contributed by atoms with Gasteiger partial charge in [0.2, 0.25) is 0 Å². The number of unbranched alkanes of at least 4 members (excludes halogenated alkanes) is 1. The van der Waals surface area contributed by atoms with Crippen molar-refractivity contribution in [3.63, 3.8) is 0 Å². The first-order chi connectivity index (χ1) is 8.06. The maximum absolute atomic E-state index is 12.0. The molecule has 3 heteroatoms. The molecule has 0 saturated carbocycles. The molecule has 1 amide bonds. The van der Waals surface area contributed by atoms with Crippen LogP contribution >= 0.6 is 0 Å². The normalized spacial score (nSPS) is 10.0. The van der Waals surface area contributed by atoms with E-state index in [-0.39, 0.29) is 5.91 Å². The minimum absolute atomic E-state index is 0.0146. The van der Waals surface area contributed by atoms with Crippen LogP contribution in [0, 0.1) is 6.92 Å². The van der Waals surface area contributed by atoms with E-state index in [1.807, 2.05) is 32.2 Å². The second-order valence-electron chi connectivity index (χ2n) is 4.23. The first-order valence-corrected chi connectivity index (χ1v) is 5.78. The molecule has 0 aliphatic carbocycles. The van der Waals surface area contributed by atoms with Crippen molar-refractivity contribution < 1.29 is 4.79 Å². The van der Waals surface area contributed by atoms with E-state index in [1.54, 1.807) is 11.0 Å². The molecule has 0 bridgehead atoms. The molecule has 2 N–H and O–H groups in total. The number of carbonyl (C=O) groups excluding carboxylic acids is 1. The third-order valence-electron chi connectivity index (χ3n) is 2.77. The summed E-state index contributed by atoms with van der Waals surface area (Å²) in [4.78, 5) is 13.8. The molecule has 1 aromatic carbocycles. The number of hydrogen-bond acceptors (Lipinski definition) is 2. The standard InChI is InChI=1S/C14H20N2O/c1-4-5-6-9-16(3)14(17)12-8-7-11(2)13(15)10-12/h4,7-8,10H,1,5-6,9,15H2,2-3H3. The highest BCUT2D eigenvalue weighted by atomic mass is 16.2. The topological polar surface area (TPSA) is 46.3 Å². The zero-order chi connectivity index (χ0) is 12.8. The first kappa shape index (κ1) is 13.3. The third-order valence-corrected chi connectivity index (χ3v) is 2.77. The Hall–Kier alpha value is -1.77. The van der Waals surface area contributed by atoms with E-state index in [9.17, 15) is 4.79 Å². The van der Waals surface area contributed by atoms with Gasteiger partial charge in [-0.15, -0.1) is 6.58 Å². The summed E-state index contributed by atoms with van der Waals surface area (Å²) in [5, 5.41) is 0. The van der Waals surface area contributed by atoms with Crippen LogP contribution in [0.2, 0.25) is 0 Å². The van der Waals surface area contributed by atoms with Gasteiger partial charge in [-0.2, -0.15) is 0 Å². The zero-order valence-electron chi connectivity index (χ0n) is 10.6. The summed E-state index contributed by atoms with van der Waals surface area (Å²) in [5.41, 5.74) is 8.10. The molecule has 17 heavy (non-hydrogen) atoms. The van der Waals surface area contributed by atoms with E-state index < -0.39 is 0 Å². The lowest BCUT2D eigenvalue weighted by Crippen LogP contribution is -2.27. The number of nitrogens with zero attached hydrogens (tertiary/aromatic N) is 1. The summed E-state index contributed by atoms with van der Waals surface area (Å²) in [7, 11) is 1.81. The van der Waals surface area contributed by atoms with Crippen molar-refractivity contribution in [3.8, 4) is 0 Å². The quantitative estimate of drug-likeness (QED) is 0.482. The molecular weight excluding hydrogens is 212 g/mol. The molecule has 0 atom stereocenters. The van der Waals surface area contributed by atoms with E-state index >= 15 is 0 Å². The number of benzene rings is 1. The average molecular weight is 232 g/mol. The van der Waals surface area contributed by atoms with Gasteiger partial charge < -0.3 is 10.6 Å². The number of anilines is 1. The summed E-state index contributed by atoms with van der Waals surface area (Å²) >= 11 is 0. The molecule has 0 fully saturated rings. The number of carbonyl (C=O) groups is 1. The van der Waals surface area contributed by atoms with Gasteiger partial charge in [-0.05, 0) is 37.5 Å². The monoisotopic (exact) mass is 232 g/mol. The summed E-state index contributed by atoms with van der Waals surface area (Å²) < 4.78 is 0. The molecule has 1 aromatic rings. The van der Waals surface area contributed by atoms with E-state index in [0.717, 1.165) is 24.9 Å². The molecule has 0 radical (unpaired) electrons. The van der Waals surface area contributed by atoms with Gasteiger partial charge in [-0.25, -0.2) is 0 Å². The smallest absolute Gasteiger partial charge is 0.253 e. The van der Waals surface area contributed by atoms with E-state index in [1.165, 1.54) is 0 Å². The minimum atomic E-state index is 0.0146. The summed E-state index contributed by atoms with van der Waals surface area (Å²) in [6.45, 7) is 6.32. The van der Waals surface area contributed by atoms with Crippen molar-refractivity contribution in [2.45, 2.75) is 19.8 Å². The van der Waals surface area contributed by atoms with Gasteiger partial charge in [-0.1, -0.05) is 12.1 Å². The predicted molar refractivity (Wildman–Crippen MR) is 72.0 cm³/mol. The number of amides is 1. The number of nitrogens with two attached hydrogens (primary N) is 1. The van der Waals surface area contributed by atoms with E-state index in [4.69, 9.17) is 5.73 Å². The lowest BCUT2D eigenvalue weighted by molar-refractivity contribution is 0.0794. The number of hydrogen-bond donors (Lipinski definition) is 1. The van der Waals surface area contributed by atoms with Gasteiger partial charge in [0, 0.05) is 24.8 Å². The molecule has 0 spiro atoms. The van der Waals surface area contributed by atoms with Crippen molar-refractivity contribution in [1.29, 1.82) is 0 Å². The summed E-state index contributed by atoms with van der Waals surface area (Å²) in [6, 6.07) is 5.43. The van der Waals surface area contributed by atoms with Crippen LogP contribution in [0.4, 0.5) is 5.69 Å². The first-order valence-electron chi connectivity index (χ1n) is 5.78. The van der Waals surface area contributed by atoms with E-state index in [2.05, 4.69) is 6.58 Å². The van der Waals surface area contributed by atoms with Gasteiger partial charge in [0.15, 0.2) is 0 Å². The van der Waals surface area contributed by atoms with Crippen molar-refractivity contribution in [1.82, 2.24) is 4.90 Å². The fraction of sp³-hybridized carbons (Fsp3) is 0.357. The van der Waals surface area contributed by atoms with Crippen molar-refractivity contribution >= 4 is 11.6 Å². The molecule has 0 saturated heterocycles. The molecule has 0 unspecified atom stereocenters. The Balaban J connectivity index is 2.68. The third kappa shape index (κ3) is 3.63. The number of nitrogen functional groups attached to an aromatic ring is 1. The average Bonchev–Trinajstić information content (AvgIpc) is 2.32. The lowest BCUT2D eigenvalue weighted by Gasteiger charge is -2.17. The lowest BCUT2D eigenvalue weighted by atomic mass is 10.1. The maximum Gasteiger partial charge on any atom is 0.253 e. The molecule has 3 nitrogen and oxygen atoms in total. The Morgan fingerprint density at radius 2 is 2.24 bits per heavy atom. The predicted octanol–water partition coefficient (Wildman–Crippen LogP) is 2.62. The Morgan fingerprint density at radius 1 is 1.53 bits per heavy atom. The Bertz CT molecular complexity index is 413. The molecule has 0 aromatic heterocycles. The number of rotatable bonds is 5. The fourth-order valence-electron chi connectivity index (χ4n) is 1.57. The number of aryl methyl sites for hydroxylation is 1. The van der Waals surface area contributed by atoms with Crippen LogP contribution in [0.3, 0.4) is 0 Å². The van der Waals surface area contributed by atoms with Crippen LogP contribution in [-0.4, -0.2) is 24.4 Å². The molecule has 1 rings (SSSR count). The minimum Gasteiger partial charge on any atom is -0.398 e. The second kappa shape index (κ2) is 6.09. The van der Waals surface area contributed by atoms with Crippen molar-refractivity contribution in [2.24, 2.45) is 0 Å². The largest absolute Gasteiger partial charge is 0.398 e. The van der Waals surface area contributed by atoms with Crippen molar-refractivity contribution in [2.75, 3.05) is 19.3 Å². The zero-order valence-corrected chi connectivity index (χ0v) is 10.6. The Labute approximate surface area is 103 Å². The number of allylic oxidation sites excluding steroid dienone is 1. The highest BCUT2D eigenvalue weighted by Gasteiger charge is 2.11. The molecule has 92 valence electrons. The van der Waals surface area contributed by atoms with Crippen LogP contribution in [0.1, 0.15) is 28.8 Å². The molecule has 0 heterocycles. The Morgan fingerprint density at radius 3 is 2.82 bits per heavy atom. The van der Waals surface area contributed by atoms with Crippen LogP contribution in [0.5, 0.6) is 0 Å². The molecule has 0 aliphatic heterocycles. The van der Waals surface area contributed by atoms with Crippen LogP contribution in [-0.2, 0) is 0 Å². The van der Waals surface area contributed by atoms with Gasteiger partial charge in [-0.3, -0.25) is 4.79 Å². The highest BCUT2D eigenvalue weighted by molar-refractivity contribution is 5.95. The van der Waals surface area contributed by atoms with Crippen molar-refractivity contribution in [3.05, 3.63) is 42.0 Å². The van der Waals surface area contributed by atoms with Gasteiger partial charge in [0.1, 0.15) is 0 Å². The van der Waals surface area contributed by atoms with Gasteiger partial charge >= 0.3 is 0 Å². The Kier molecular flexibility index (Phi) is 4.76. The SMILES string of the molecule is C=CCCCN(C)C(=O)c1ccc(C)c(N)c1. The van der Waals surface area contributed by atoms with Gasteiger partial charge in [0.25, 0.3) is 5.91 Å². The molecule has 0 aliphatic rings. The van der Waals surface area contributed by atoms with E-state index in [0.29, 0.717) is 11.3 Å². The summed E-state index contributed by atoms with van der Waals surface area (Å²) in [5.74, 6) is 0.0146. The summed E-state index contributed by atoms with van der Waals surface area (Å²) in [6.07, 6.45) is 3.73. The second-order valence-corrected chi connectivity index (χ2v) is 4.23. The molecular formula is C14H20N2O. The maximum atomic E-state index is 12.0.